The van der Waals surface area contributed by atoms with E-state index in [4.69, 9.17) is 23.2 Å². The number of likely N-dealkylation sites (N-methyl/N-ethyl adjacent to an activating group) is 1. The van der Waals surface area contributed by atoms with E-state index < -0.39 is 0 Å². The van der Waals surface area contributed by atoms with Crippen molar-refractivity contribution >= 4 is 34.5 Å². The third-order valence-corrected chi connectivity index (χ3v) is 6.24. The lowest BCUT2D eigenvalue weighted by atomic mass is 9.80. The van der Waals surface area contributed by atoms with Gasteiger partial charge in [0.05, 0.1) is 14.8 Å². The molecular formula is C17H28Cl2N2OS. The Labute approximate surface area is 153 Å². The molecule has 2 unspecified atom stereocenters. The van der Waals surface area contributed by atoms with Crippen molar-refractivity contribution in [2.45, 2.75) is 51.0 Å². The maximum atomic E-state index is 10.6. The fourth-order valence-electron chi connectivity index (χ4n) is 3.49. The average Bonchev–Trinajstić information content (AvgIpc) is 2.71. The highest BCUT2D eigenvalue weighted by molar-refractivity contribution is 7.20. The molecule has 1 aliphatic carbocycles. The largest absolute Gasteiger partial charge is 0.393 e. The fourth-order valence-corrected chi connectivity index (χ4v) is 5.09. The molecule has 0 aromatic carbocycles. The normalized spacial score (nSPS) is 23.7. The lowest BCUT2D eigenvalue weighted by molar-refractivity contribution is 0.0846. The molecule has 1 saturated carbocycles. The van der Waals surface area contributed by atoms with Gasteiger partial charge >= 0.3 is 0 Å². The Bertz CT molecular complexity index is 469. The van der Waals surface area contributed by atoms with Gasteiger partial charge in [0, 0.05) is 25.6 Å². The summed E-state index contributed by atoms with van der Waals surface area (Å²) in [6.07, 6.45) is 5.24. The molecule has 23 heavy (non-hydrogen) atoms. The van der Waals surface area contributed by atoms with Crippen molar-refractivity contribution in [1.29, 1.82) is 0 Å². The SMILES string of the molecule is CCNCCNCC(c1cc(Cl)sc1Cl)[C@H]1CCCCCC1O. The van der Waals surface area contributed by atoms with E-state index in [9.17, 15) is 5.11 Å². The molecule has 0 spiro atoms. The first-order chi connectivity index (χ1) is 11.1. The Hall–Kier alpha value is 0.160. The Morgan fingerprint density at radius 2 is 1.96 bits per heavy atom. The minimum absolute atomic E-state index is 0.223. The molecule has 1 aromatic heterocycles. The number of aliphatic hydroxyl groups is 1. The van der Waals surface area contributed by atoms with Crippen LogP contribution in [0.1, 0.15) is 50.5 Å². The van der Waals surface area contributed by atoms with Crippen molar-refractivity contribution in [1.82, 2.24) is 10.6 Å². The predicted octanol–water partition coefficient (Wildman–Crippen LogP) is 4.28. The van der Waals surface area contributed by atoms with Gasteiger partial charge in [-0.05, 0) is 36.9 Å². The van der Waals surface area contributed by atoms with E-state index >= 15 is 0 Å². The van der Waals surface area contributed by atoms with Crippen LogP contribution in [0, 0.1) is 5.92 Å². The van der Waals surface area contributed by atoms with Crippen molar-refractivity contribution < 1.29 is 5.11 Å². The monoisotopic (exact) mass is 378 g/mol. The second-order valence-electron chi connectivity index (χ2n) is 6.31. The Morgan fingerprint density at radius 1 is 1.22 bits per heavy atom. The quantitative estimate of drug-likeness (QED) is 0.467. The van der Waals surface area contributed by atoms with E-state index in [0.29, 0.717) is 0 Å². The smallest absolute Gasteiger partial charge is 0.0979 e. The minimum Gasteiger partial charge on any atom is -0.393 e. The standard InChI is InChI=1S/C17H28Cl2N2OS/c1-2-20-8-9-21-11-14(13-10-16(18)23-17(13)19)12-6-4-3-5-7-15(12)22/h10,12,14-15,20-22H,2-9,11H2,1H3/t12-,14?,15?/m1/s1. The molecule has 132 valence electrons. The van der Waals surface area contributed by atoms with E-state index in [1.807, 2.05) is 6.07 Å². The van der Waals surface area contributed by atoms with E-state index in [0.717, 1.165) is 59.7 Å². The summed E-state index contributed by atoms with van der Waals surface area (Å²) in [4.78, 5) is 0. The molecular weight excluding hydrogens is 351 g/mol. The number of hydrogen-bond donors (Lipinski definition) is 3. The highest BCUT2D eigenvalue weighted by Gasteiger charge is 2.32. The van der Waals surface area contributed by atoms with Crippen LogP contribution in [-0.4, -0.2) is 37.4 Å². The third-order valence-electron chi connectivity index (χ3n) is 4.72. The molecule has 1 aromatic rings. The molecule has 1 fully saturated rings. The summed E-state index contributed by atoms with van der Waals surface area (Å²) in [6, 6.07) is 1.99. The second-order valence-corrected chi connectivity index (χ2v) is 8.60. The van der Waals surface area contributed by atoms with E-state index in [2.05, 4.69) is 17.6 Å². The number of halogens is 2. The molecule has 3 nitrogen and oxygen atoms in total. The molecule has 0 aliphatic heterocycles. The molecule has 0 amide bonds. The first-order valence-corrected chi connectivity index (χ1v) is 10.2. The molecule has 1 aliphatic rings. The van der Waals surface area contributed by atoms with Crippen molar-refractivity contribution in [2.75, 3.05) is 26.2 Å². The molecule has 0 bridgehead atoms. The van der Waals surface area contributed by atoms with Crippen LogP contribution in [-0.2, 0) is 0 Å². The first-order valence-electron chi connectivity index (χ1n) is 8.67. The van der Waals surface area contributed by atoms with Gasteiger partial charge in [-0.2, -0.15) is 0 Å². The van der Waals surface area contributed by atoms with Crippen LogP contribution in [0.4, 0.5) is 0 Å². The van der Waals surface area contributed by atoms with Crippen molar-refractivity contribution in [3.63, 3.8) is 0 Å². The summed E-state index contributed by atoms with van der Waals surface area (Å²) >= 11 is 14.0. The number of rotatable bonds is 8. The molecule has 2 rings (SSSR count). The zero-order chi connectivity index (χ0) is 16.7. The highest BCUT2D eigenvalue weighted by atomic mass is 35.5. The van der Waals surface area contributed by atoms with E-state index in [1.165, 1.54) is 24.2 Å². The lowest BCUT2D eigenvalue weighted by Gasteiger charge is -2.30. The Balaban J connectivity index is 2.08. The van der Waals surface area contributed by atoms with Crippen LogP contribution in [0.15, 0.2) is 6.07 Å². The van der Waals surface area contributed by atoms with Gasteiger partial charge in [0.2, 0.25) is 0 Å². The molecule has 1 heterocycles. The van der Waals surface area contributed by atoms with E-state index in [-0.39, 0.29) is 17.9 Å². The predicted molar refractivity (Wildman–Crippen MR) is 101 cm³/mol. The van der Waals surface area contributed by atoms with Gasteiger partial charge in [0.15, 0.2) is 0 Å². The fraction of sp³-hybridized carbons (Fsp3) is 0.765. The minimum atomic E-state index is -0.243. The van der Waals surface area contributed by atoms with Crippen molar-refractivity contribution in [3.8, 4) is 0 Å². The molecule has 0 saturated heterocycles. The molecule has 3 N–H and O–H groups in total. The van der Waals surface area contributed by atoms with E-state index in [1.54, 1.807) is 0 Å². The number of thiophene rings is 1. The zero-order valence-electron chi connectivity index (χ0n) is 13.8. The van der Waals surface area contributed by atoms with Gasteiger partial charge in [0.1, 0.15) is 0 Å². The summed E-state index contributed by atoms with van der Waals surface area (Å²) in [5.41, 5.74) is 1.10. The van der Waals surface area contributed by atoms with Crippen LogP contribution in [0.25, 0.3) is 0 Å². The topological polar surface area (TPSA) is 44.3 Å². The van der Waals surface area contributed by atoms with Crippen LogP contribution in [0.5, 0.6) is 0 Å². The van der Waals surface area contributed by atoms with Gasteiger partial charge < -0.3 is 15.7 Å². The van der Waals surface area contributed by atoms with Crippen molar-refractivity contribution in [2.24, 2.45) is 5.92 Å². The number of nitrogens with one attached hydrogen (secondary N) is 2. The zero-order valence-corrected chi connectivity index (χ0v) is 16.1. The van der Waals surface area contributed by atoms with Gasteiger partial charge in [-0.3, -0.25) is 0 Å². The number of hydrogen-bond acceptors (Lipinski definition) is 4. The molecule has 0 radical (unpaired) electrons. The van der Waals surface area contributed by atoms with Gasteiger partial charge in [-0.1, -0.05) is 49.4 Å². The second kappa shape index (κ2) is 10.2. The van der Waals surface area contributed by atoms with Crippen LogP contribution < -0.4 is 10.6 Å². The van der Waals surface area contributed by atoms with Crippen LogP contribution in [0.3, 0.4) is 0 Å². The average molecular weight is 379 g/mol. The van der Waals surface area contributed by atoms with Crippen LogP contribution >= 0.6 is 34.5 Å². The lowest BCUT2D eigenvalue weighted by Crippen LogP contribution is -2.35. The summed E-state index contributed by atoms with van der Waals surface area (Å²) in [5.74, 6) is 0.480. The molecule has 6 heteroatoms. The van der Waals surface area contributed by atoms with Gasteiger partial charge in [-0.15, -0.1) is 11.3 Å². The van der Waals surface area contributed by atoms with Crippen LogP contribution in [0.2, 0.25) is 8.67 Å². The van der Waals surface area contributed by atoms with Gasteiger partial charge in [0.25, 0.3) is 0 Å². The highest BCUT2D eigenvalue weighted by Crippen LogP contribution is 2.42. The summed E-state index contributed by atoms with van der Waals surface area (Å²) < 4.78 is 1.50. The maximum Gasteiger partial charge on any atom is 0.0979 e. The summed E-state index contributed by atoms with van der Waals surface area (Å²) in [5, 5.41) is 17.4. The summed E-state index contributed by atoms with van der Waals surface area (Å²) in [7, 11) is 0. The van der Waals surface area contributed by atoms with Gasteiger partial charge in [-0.25, -0.2) is 0 Å². The Morgan fingerprint density at radius 3 is 2.65 bits per heavy atom. The third kappa shape index (κ3) is 5.87. The number of aliphatic hydroxyl groups excluding tert-OH is 1. The Kier molecular flexibility index (Phi) is 8.66. The van der Waals surface area contributed by atoms with Crippen molar-refractivity contribution in [3.05, 3.63) is 20.3 Å². The molecule has 3 atom stereocenters. The summed E-state index contributed by atoms with van der Waals surface area (Å²) in [6.45, 7) is 5.80. The maximum absolute atomic E-state index is 10.6. The first kappa shape index (κ1) is 19.5.